The number of halogens is 1. The highest BCUT2D eigenvalue weighted by Crippen LogP contribution is 2.13. The molecule has 0 unspecified atom stereocenters. The van der Waals surface area contributed by atoms with Crippen LogP contribution in [0.15, 0.2) is 37.1 Å². The normalized spacial score (nSPS) is 11.0. The highest BCUT2D eigenvalue weighted by atomic mass is 127. The van der Waals surface area contributed by atoms with Gasteiger partial charge in [-0.3, -0.25) is 0 Å². The Morgan fingerprint density at radius 2 is 2.13 bits per heavy atom. The van der Waals surface area contributed by atoms with E-state index in [1.807, 2.05) is 18.5 Å². The van der Waals surface area contributed by atoms with Crippen LogP contribution in [0, 0.1) is 3.57 Å². The van der Waals surface area contributed by atoms with Crippen LogP contribution >= 0.6 is 22.6 Å². The number of aromatic nitrogens is 5. The van der Waals surface area contributed by atoms with Crippen molar-refractivity contribution in [2.45, 2.75) is 0 Å². The molecule has 15 heavy (non-hydrogen) atoms. The van der Waals surface area contributed by atoms with E-state index in [1.54, 1.807) is 27.8 Å². The third kappa shape index (κ3) is 1.41. The van der Waals surface area contributed by atoms with Crippen molar-refractivity contribution in [2.75, 3.05) is 0 Å². The van der Waals surface area contributed by atoms with E-state index >= 15 is 0 Å². The first kappa shape index (κ1) is 8.84. The quantitative estimate of drug-likeness (QED) is 0.640. The SMILES string of the molecule is Ic1cnn(-c2cnn3cccnc23)c1. The number of hydrogen-bond acceptors (Lipinski definition) is 3. The van der Waals surface area contributed by atoms with Crippen LogP contribution in [0.1, 0.15) is 0 Å². The van der Waals surface area contributed by atoms with Gasteiger partial charge >= 0.3 is 0 Å². The standard InChI is InChI=1S/C9H6IN5/c10-7-4-12-15(6-7)8-5-13-14-3-1-2-11-9(8)14/h1-6H. The first-order valence-electron chi connectivity index (χ1n) is 4.33. The Hall–Kier alpha value is -1.44. The minimum atomic E-state index is 0.803. The van der Waals surface area contributed by atoms with Crippen molar-refractivity contribution >= 4 is 28.2 Å². The second-order valence-electron chi connectivity index (χ2n) is 3.02. The molecule has 0 bridgehead atoms. The fourth-order valence-corrected chi connectivity index (χ4v) is 1.80. The molecule has 0 N–H and O–H groups in total. The average molecular weight is 311 g/mol. The van der Waals surface area contributed by atoms with Gasteiger partial charge in [0.25, 0.3) is 0 Å². The molecule has 5 nitrogen and oxygen atoms in total. The number of rotatable bonds is 1. The van der Waals surface area contributed by atoms with E-state index in [0.717, 1.165) is 14.9 Å². The van der Waals surface area contributed by atoms with Crippen molar-refractivity contribution < 1.29 is 0 Å². The van der Waals surface area contributed by atoms with E-state index in [9.17, 15) is 0 Å². The topological polar surface area (TPSA) is 48.0 Å². The van der Waals surface area contributed by atoms with Crippen molar-refractivity contribution in [1.29, 1.82) is 0 Å². The highest BCUT2D eigenvalue weighted by Gasteiger charge is 2.07. The minimum Gasteiger partial charge on any atom is -0.235 e. The molecule has 3 rings (SSSR count). The lowest BCUT2D eigenvalue weighted by atomic mass is 10.5. The molecule has 3 aromatic rings. The van der Waals surface area contributed by atoms with Gasteiger partial charge in [0.1, 0.15) is 5.69 Å². The Morgan fingerprint density at radius 1 is 1.20 bits per heavy atom. The molecule has 0 aliphatic rings. The van der Waals surface area contributed by atoms with Gasteiger partial charge < -0.3 is 0 Å². The summed E-state index contributed by atoms with van der Waals surface area (Å²) < 4.78 is 4.59. The van der Waals surface area contributed by atoms with Gasteiger partial charge in [0.2, 0.25) is 0 Å². The van der Waals surface area contributed by atoms with Crippen LogP contribution in [0.2, 0.25) is 0 Å². The Morgan fingerprint density at radius 3 is 2.93 bits per heavy atom. The molecule has 3 heterocycles. The van der Waals surface area contributed by atoms with Gasteiger partial charge in [-0.25, -0.2) is 14.2 Å². The lowest BCUT2D eigenvalue weighted by Gasteiger charge is -1.96. The first-order valence-corrected chi connectivity index (χ1v) is 5.41. The molecule has 0 atom stereocenters. The molecule has 0 saturated heterocycles. The smallest absolute Gasteiger partial charge is 0.181 e. The zero-order chi connectivity index (χ0) is 10.3. The van der Waals surface area contributed by atoms with Gasteiger partial charge in [0.15, 0.2) is 5.65 Å². The van der Waals surface area contributed by atoms with Crippen LogP contribution in [0.25, 0.3) is 11.3 Å². The van der Waals surface area contributed by atoms with Crippen LogP contribution in [0.5, 0.6) is 0 Å². The summed E-state index contributed by atoms with van der Waals surface area (Å²) in [5.41, 5.74) is 1.69. The molecule has 6 heteroatoms. The Bertz CT molecular complexity index is 612. The molecule has 0 aromatic carbocycles. The van der Waals surface area contributed by atoms with Crippen LogP contribution in [0.4, 0.5) is 0 Å². The van der Waals surface area contributed by atoms with Gasteiger partial charge in [-0.05, 0) is 28.7 Å². The van der Waals surface area contributed by atoms with Crippen LogP contribution in [0.3, 0.4) is 0 Å². The maximum Gasteiger partial charge on any atom is 0.181 e. The third-order valence-electron chi connectivity index (χ3n) is 2.06. The lowest BCUT2D eigenvalue weighted by molar-refractivity contribution is 0.884. The van der Waals surface area contributed by atoms with Crippen molar-refractivity contribution in [2.24, 2.45) is 0 Å². The van der Waals surface area contributed by atoms with Gasteiger partial charge in [0.05, 0.1) is 16.0 Å². The highest BCUT2D eigenvalue weighted by molar-refractivity contribution is 14.1. The Labute approximate surface area is 98.9 Å². The van der Waals surface area contributed by atoms with E-state index in [0.29, 0.717) is 0 Å². The maximum atomic E-state index is 4.26. The predicted molar refractivity (Wildman–Crippen MR) is 62.8 cm³/mol. The lowest BCUT2D eigenvalue weighted by Crippen LogP contribution is -1.95. The van der Waals surface area contributed by atoms with Crippen molar-refractivity contribution in [3.8, 4) is 5.69 Å². The molecule has 0 radical (unpaired) electrons. The summed E-state index contributed by atoms with van der Waals surface area (Å²) in [7, 11) is 0. The van der Waals surface area contributed by atoms with Gasteiger partial charge in [-0.1, -0.05) is 0 Å². The average Bonchev–Trinajstić information content (AvgIpc) is 2.83. The molecule has 3 aromatic heterocycles. The zero-order valence-corrected chi connectivity index (χ0v) is 9.74. The summed E-state index contributed by atoms with van der Waals surface area (Å²) in [6.45, 7) is 0. The van der Waals surface area contributed by atoms with E-state index in [-0.39, 0.29) is 0 Å². The second-order valence-corrected chi connectivity index (χ2v) is 4.27. The molecular weight excluding hydrogens is 305 g/mol. The largest absolute Gasteiger partial charge is 0.235 e. The van der Waals surface area contributed by atoms with Gasteiger partial charge in [0, 0.05) is 18.6 Å². The Balaban J connectivity index is 2.27. The summed E-state index contributed by atoms with van der Waals surface area (Å²) in [6.07, 6.45) is 9.10. The summed E-state index contributed by atoms with van der Waals surface area (Å²) in [5, 5.41) is 8.42. The second kappa shape index (κ2) is 3.30. The van der Waals surface area contributed by atoms with Crippen LogP contribution < -0.4 is 0 Å². The molecule has 0 amide bonds. The number of nitrogens with zero attached hydrogens (tertiary/aromatic N) is 5. The van der Waals surface area contributed by atoms with Gasteiger partial charge in [-0.15, -0.1) is 0 Å². The molecule has 0 aliphatic carbocycles. The molecule has 0 fully saturated rings. The molecule has 0 saturated carbocycles. The minimum absolute atomic E-state index is 0.803. The van der Waals surface area contributed by atoms with Crippen molar-refractivity contribution in [1.82, 2.24) is 24.4 Å². The number of fused-ring (bicyclic) bond motifs is 1. The predicted octanol–water partition coefficient (Wildman–Crippen LogP) is 1.52. The monoisotopic (exact) mass is 311 g/mol. The van der Waals surface area contributed by atoms with Crippen LogP contribution in [-0.4, -0.2) is 24.4 Å². The van der Waals surface area contributed by atoms with E-state index in [2.05, 4.69) is 37.8 Å². The van der Waals surface area contributed by atoms with E-state index < -0.39 is 0 Å². The first-order chi connectivity index (χ1) is 7.34. The molecular formula is C9H6IN5. The van der Waals surface area contributed by atoms with Crippen molar-refractivity contribution in [3.05, 3.63) is 40.6 Å². The molecule has 0 spiro atoms. The Kier molecular flexibility index (Phi) is 1.94. The fourth-order valence-electron chi connectivity index (χ4n) is 1.41. The van der Waals surface area contributed by atoms with Crippen LogP contribution in [-0.2, 0) is 0 Å². The number of hydrogen-bond donors (Lipinski definition) is 0. The van der Waals surface area contributed by atoms with E-state index in [4.69, 9.17) is 0 Å². The fraction of sp³-hybridized carbons (Fsp3) is 0. The maximum absolute atomic E-state index is 4.26. The summed E-state index contributed by atoms with van der Waals surface area (Å²) >= 11 is 2.22. The molecule has 0 aliphatic heterocycles. The zero-order valence-electron chi connectivity index (χ0n) is 7.58. The van der Waals surface area contributed by atoms with E-state index in [1.165, 1.54) is 0 Å². The third-order valence-corrected chi connectivity index (χ3v) is 2.62. The molecule has 74 valence electrons. The summed E-state index contributed by atoms with van der Waals surface area (Å²) in [4.78, 5) is 4.26. The van der Waals surface area contributed by atoms with Crippen molar-refractivity contribution in [3.63, 3.8) is 0 Å². The summed E-state index contributed by atoms with van der Waals surface area (Å²) in [5.74, 6) is 0. The summed E-state index contributed by atoms with van der Waals surface area (Å²) in [6, 6.07) is 1.84. The van der Waals surface area contributed by atoms with Gasteiger partial charge in [-0.2, -0.15) is 10.2 Å².